The monoisotopic (exact) mass is 382 g/mol. The lowest BCUT2D eigenvalue weighted by molar-refractivity contribution is 0.294. The van der Waals surface area contributed by atoms with E-state index in [-0.39, 0.29) is 6.61 Å². The van der Waals surface area contributed by atoms with Crippen LogP contribution in [0.1, 0.15) is 16.3 Å². The summed E-state index contributed by atoms with van der Waals surface area (Å²) >= 11 is 11.4. The smallest absolute Gasteiger partial charge is 0.169 e. The maximum absolute atomic E-state index is 6.28. The Balaban J connectivity index is 1.90. The topological polar surface area (TPSA) is 35.0 Å². The number of ether oxygens (including phenoxy) is 1. The Morgan fingerprint density at radius 3 is 2.76 bits per heavy atom. The molecule has 3 nitrogen and oxygen atoms in total. The van der Waals surface area contributed by atoms with Crippen LogP contribution in [0.15, 0.2) is 28.7 Å². The van der Waals surface area contributed by atoms with Crippen LogP contribution in [0.5, 0.6) is 5.75 Å². The molecule has 0 atom stereocenters. The minimum atomic E-state index is 0.286. The fraction of sp³-hybridized carbons (Fsp3) is 0.200. The zero-order chi connectivity index (χ0) is 15.0. The van der Waals surface area contributed by atoms with Crippen LogP contribution in [0.4, 0.5) is 0 Å². The molecule has 108 valence electrons. The van der Waals surface area contributed by atoms with Gasteiger partial charge in [0.15, 0.2) is 5.82 Å². The third kappa shape index (κ3) is 2.91. The van der Waals surface area contributed by atoms with Gasteiger partial charge in [0.05, 0.1) is 9.86 Å². The zero-order valence-electron chi connectivity index (χ0n) is 11.5. The molecule has 0 saturated carbocycles. The molecule has 0 bridgehead atoms. The molecule has 0 saturated heterocycles. The Bertz CT molecular complexity index is 819. The summed E-state index contributed by atoms with van der Waals surface area (Å²) in [6.07, 6.45) is 0. The van der Waals surface area contributed by atoms with Gasteiger partial charge >= 0.3 is 0 Å². The number of para-hydroxylation sites is 1. The number of aromatic nitrogens is 2. The van der Waals surface area contributed by atoms with Gasteiger partial charge in [-0.2, -0.15) is 0 Å². The molecule has 3 rings (SSSR count). The molecule has 0 aliphatic heterocycles. The maximum Gasteiger partial charge on any atom is 0.169 e. The molecule has 0 aliphatic carbocycles. The molecule has 0 amide bonds. The first-order chi connectivity index (χ1) is 10.1. The molecule has 0 unspecified atom stereocenters. The molecule has 21 heavy (non-hydrogen) atoms. The number of hydrogen-bond donors (Lipinski definition) is 0. The summed E-state index contributed by atoms with van der Waals surface area (Å²) in [5, 5.41) is 1.44. The second kappa shape index (κ2) is 5.91. The van der Waals surface area contributed by atoms with Crippen molar-refractivity contribution in [2.24, 2.45) is 0 Å². The average molecular weight is 384 g/mol. The Hall–Kier alpha value is -1.17. The largest absolute Gasteiger partial charge is 0.484 e. The summed E-state index contributed by atoms with van der Waals surface area (Å²) in [5.41, 5.74) is 1.15. The summed E-state index contributed by atoms with van der Waals surface area (Å²) in [7, 11) is 0. The molecule has 0 fully saturated rings. The third-order valence-corrected chi connectivity index (χ3v) is 5.25. The number of rotatable bonds is 3. The molecule has 2 heterocycles. The van der Waals surface area contributed by atoms with Crippen LogP contribution < -0.4 is 4.74 Å². The van der Waals surface area contributed by atoms with Crippen LogP contribution in [0.25, 0.3) is 10.2 Å². The highest BCUT2D eigenvalue weighted by Crippen LogP contribution is 2.33. The number of nitrogens with zero attached hydrogens (tertiary/aromatic N) is 2. The van der Waals surface area contributed by atoms with Gasteiger partial charge in [-0.25, -0.2) is 9.97 Å². The fourth-order valence-corrected chi connectivity index (χ4v) is 3.84. The van der Waals surface area contributed by atoms with E-state index in [1.807, 2.05) is 31.2 Å². The van der Waals surface area contributed by atoms with E-state index in [0.717, 1.165) is 26.0 Å². The van der Waals surface area contributed by atoms with Crippen molar-refractivity contribution in [3.63, 3.8) is 0 Å². The first kappa shape index (κ1) is 14.8. The van der Waals surface area contributed by atoms with E-state index < -0.39 is 0 Å². The van der Waals surface area contributed by atoms with Crippen molar-refractivity contribution in [2.75, 3.05) is 0 Å². The van der Waals surface area contributed by atoms with Gasteiger partial charge in [0.2, 0.25) is 0 Å². The lowest BCUT2D eigenvalue weighted by Crippen LogP contribution is -2.02. The number of thiophene rings is 1. The first-order valence-electron chi connectivity index (χ1n) is 6.35. The Morgan fingerprint density at radius 2 is 2.00 bits per heavy atom. The number of halogens is 2. The Labute approximate surface area is 140 Å². The van der Waals surface area contributed by atoms with Gasteiger partial charge in [0.25, 0.3) is 0 Å². The van der Waals surface area contributed by atoms with E-state index in [9.17, 15) is 0 Å². The minimum Gasteiger partial charge on any atom is -0.484 e. The lowest BCUT2D eigenvalue weighted by atomic mass is 10.2. The van der Waals surface area contributed by atoms with Crippen LogP contribution in [0, 0.1) is 13.8 Å². The van der Waals surface area contributed by atoms with Crippen LogP contribution in [-0.4, -0.2) is 9.97 Å². The van der Waals surface area contributed by atoms with Crippen LogP contribution in [0.2, 0.25) is 5.15 Å². The van der Waals surface area contributed by atoms with Crippen molar-refractivity contribution in [3.05, 3.63) is 50.2 Å². The molecular formula is C15H12BrClN2OS. The minimum absolute atomic E-state index is 0.286. The average Bonchev–Trinajstić information content (AvgIpc) is 2.73. The van der Waals surface area contributed by atoms with E-state index in [4.69, 9.17) is 16.3 Å². The van der Waals surface area contributed by atoms with Gasteiger partial charge in [-0.15, -0.1) is 11.3 Å². The van der Waals surface area contributed by atoms with Crippen LogP contribution >= 0.6 is 38.9 Å². The third-order valence-electron chi connectivity index (χ3n) is 3.22. The summed E-state index contributed by atoms with van der Waals surface area (Å²) in [6, 6.07) is 7.68. The fourth-order valence-electron chi connectivity index (χ4n) is 2.01. The highest BCUT2D eigenvalue weighted by Gasteiger charge is 2.13. The van der Waals surface area contributed by atoms with Gasteiger partial charge < -0.3 is 4.74 Å². The Kier molecular flexibility index (Phi) is 4.15. The van der Waals surface area contributed by atoms with Gasteiger partial charge in [-0.05, 0) is 47.5 Å². The second-order valence-corrected chi connectivity index (χ2v) is 7.03. The molecule has 0 N–H and O–H groups in total. The zero-order valence-corrected chi connectivity index (χ0v) is 14.6. The van der Waals surface area contributed by atoms with E-state index in [0.29, 0.717) is 11.0 Å². The molecule has 2 aromatic heterocycles. The summed E-state index contributed by atoms with van der Waals surface area (Å²) in [5.74, 6) is 1.35. The van der Waals surface area contributed by atoms with Crippen molar-refractivity contribution >= 4 is 49.1 Å². The lowest BCUT2D eigenvalue weighted by Gasteiger charge is -2.07. The maximum atomic E-state index is 6.28. The number of hydrogen-bond acceptors (Lipinski definition) is 4. The quantitative estimate of drug-likeness (QED) is 0.575. The number of fused-ring (bicyclic) bond motifs is 1. The van der Waals surface area contributed by atoms with Crippen molar-refractivity contribution in [1.29, 1.82) is 0 Å². The van der Waals surface area contributed by atoms with Crippen LogP contribution in [0.3, 0.4) is 0 Å². The van der Waals surface area contributed by atoms with E-state index >= 15 is 0 Å². The van der Waals surface area contributed by atoms with Crippen molar-refractivity contribution in [2.45, 2.75) is 20.5 Å². The van der Waals surface area contributed by atoms with E-state index in [1.54, 1.807) is 11.3 Å². The van der Waals surface area contributed by atoms with Crippen molar-refractivity contribution < 1.29 is 4.74 Å². The van der Waals surface area contributed by atoms with Gasteiger partial charge in [0.1, 0.15) is 22.3 Å². The van der Waals surface area contributed by atoms with Crippen molar-refractivity contribution in [1.82, 2.24) is 9.97 Å². The Morgan fingerprint density at radius 1 is 1.24 bits per heavy atom. The number of aryl methyl sites for hydroxylation is 2. The highest BCUT2D eigenvalue weighted by molar-refractivity contribution is 9.10. The number of benzene rings is 1. The molecular weight excluding hydrogens is 372 g/mol. The van der Waals surface area contributed by atoms with E-state index in [1.165, 1.54) is 4.88 Å². The summed E-state index contributed by atoms with van der Waals surface area (Å²) in [6.45, 7) is 4.39. The predicted octanol–water partition coefficient (Wildman–Crippen LogP) is 5.30. The predicted molar refractivity (Wildman–Crippen MR) is 90.4 cm³/mol. The molecule has 3 aromatic rings. The molecule has 1 aromatic carbocycles. The molecule has 0 radical (unpaired) electrons. The summed E-state index contributed by atoms with van der Waals surface area (Å²) in [4.78, 5) is 11.0. The van der Waals surface area contributed by atoms with Gasteiger partial charge in [0, 0.05) is 4.88 Å². The van der Waals surface area contributed by atoms with Crippen LogP contribution in [-0.2, 0) is 6.61 Å². The normalized spacial score (nSPS) is 11.0. The molecule has 0 aliphatic rings. The van der Waals surface area contributed by atoms with Gasteiger partial charge in [-0.3, -0.25) is 0 Å². The standard InChI is InChI=1S/C15H12BrClN2OS/c1-8-9(2)21-15-13(8)14(17)18-12(19-15)7-20-11-6-4-3-5-10(11)16/h3-6H,7H2,1-2H3. The first-order valence-corrected chi connectivity index (χ1v) is 8.34. The van der Waals surface area contributed by atoms with E-state index in [2.05, 4.69) is 32.8 Å². The summed E-state index contributed by atoms with van der Waals surface area (Å²) < 4.78 is 6.64. The highest BCUT2D eigenvalue weighted by atomic mass is 79.9. The van der Waals surface area contributed by atoms with Gasteiger partial charge in [-0.1, -0.05) is 23.7 Å². The SMILES string of the molecule is Cc1sc2nc(COc3ccccc3Br)nc(Cl)c2c1C. The molecule has 6 heteroatoms. The second-order valence-electron chi connectivity index (χ2n) is 4.61. The molecule has 0 spiro atoms. The van der Waals surface area contributed by atoms with Crippen molar-refractivity contribution in [3.8, 4) is 5.75 Å².